The fourth-order valence-corrected chi connectivity index (χ4v) is 2.00. The molecule has 2 unspecified atom stereocenters. The van der Waals surface area contributed by atoms with Crippen molar-refractivity contribution in [1.29, 1.82) is 0 Å². The summed E-state index contributed by atoms with van der Waals surface area (Å²) >= 11 is 6.01. The molecule has 0 radical (unpaired) electrons. The summed E-state index contributed by atoms with van der Waals surface area (Å²) in [6, 6.07) is 5.94. The standard InChI is InChI=1S/C13H19ClO2/c1-9(5-10(2)14)11-6-12(15-3)8-13(7-11)16-4/h6-10H,5H2,1-4H3. The summed E-state index contributed by atoms with van der Waals surface area (Å²) < 4.78 is 10.5. The Balaban J connectivity index is 2.93. The Morgan fingerprint density at radius 2 is 1.56 bits per heavy atom. The molecule has 16 heavy (non-hydrogen) atoms. The van der Waals surface area contributed by atoms with E-state index in [1.165, 1.54) is 5.56 Å². The Hall–Kier alpha value is -0.890. The van der Waals surface area contributed by atoms with Gasteiger partial charge in [-0.05, 0) is 37.0 Å². The molecule has 0 aliphatic heterocycles. The van der Waals surface area contributed by atoms with Crippen molar-refractivity contribution in [1.82, 2.24) is 0 Å². The van der Waals surface area contributed by atoms with Gasteiger partial charge in [0.25, 0.3) is 0 Å². The van der Waals surface area contributed by atoms with E-state index < -0.39 is 0 Å². The second kappa shape index (κ2) is 6.00. The largest absolute Gasteiger partial charge is 0.497 e. The smallest absolute Gasteiger partial charge is 0.122 e. The monoisotopic (exact) mass is 242 g/mol. The molecule has 0 amide bonds. The maximum atomic E-state index is 6.01. The highest BCUT2D eigenvalue weighted by Crippen LogP contribution is 2.30. The number of methoxy groups -OCH3 is 2. The number of alkyl halides is 1. The predicted molar refractivity (Wildman–Crippen MR) is 67.9 cm³/mol. The van der Waals surface area contributed by atoms with E-state index in [0.29, 0.717) is 5.92 Å². The molecule has 0 saturated heterocycles. The maximum Gasteiger partial charge on any atom is 0.122 e. The van der Waals surface area contributed by atoms with Crippen LogP contribution in [-0.4, -0.2) is 19.6 Å². The number of benzene rings is 1. The molecule has 1 aromatic carbocycles. The highest BCUT2D eigenvalue weighted by atomic mass is 35.5. The van der Waals surface area contributed by atoms with Crippen LogP contribution in [0.3, 0.4) is 0 Å². The SMILES string of the molecule is COc1cc(OC)cc(C(C)CC(C)Cl)c1. The molecule has 0 aliphatic carbocycles. The molecule has 0 bridgehead atoms. The highest BCUT2D eigenvalue weighted by Gasteiger charge is 2.11. The van der Waals surface area contributed by atoms with E-state index in [0.717, 1.165) is 17.9 Å². The fourth-order valence-electron chi connectivity index (χ4n) is 1.74. The van der Waals surface area contributed by atoms with Crippen LogP contribution in [-0.2, 0) is 0 Å². The Morgan fingerprint density at radius 3 is 1.94 bits per heavy atom. The first-order valence-corrected chi connectivity index (χ1v) is 5.87. The maximum absolute atomic E-state index is 6.01. The van der Waals surface area contributed by atoms with Crippen LogP contribution in [0.1, 0.15) is 31.7 Å². The van der Waals surface area contributed by atoms with E-state index in [1.807, 2.05) is 25.1 Å². The molecule has 1 rings (SSSR count). The van der Waals surface area contributed by atoms with Gasteiger partial charge >= 0.3 is 0 Å². The van der Waals surface area contributed by atoms with Crippen molar-refractivity contribution < 1.29 is 9.47 Å². The van der Waals surface area contributed by atoms with Crippen LogP contribution in [0, 0.1) is 0 Å². The average molecular weight is 243 g/mol. The molecule has 0 fully saturated rings. The Morgan fingerprint density at radius 1 is 1.06 bits per heavy atom. The first kappa shape index (κ1) is 13.2. The quantitative estimate of drug-likeness (QED) is 0.731. The van der Waals surface area contributed by atoms with Gasteiger partial charge in [0.2, 0.25) is 0 Å². The minimum Gasteiger partial charge on any atom is -0.497 e. The van der Waals surface area contributed by atoms with E-state index in [9.17, 15) is 0 Å². The molecule has 2 atom stereocenters. The van der Waals surface area contributed by atoms with E-state index in [4.69, 9.17) is 21.1 Å². The van der Waals surface area contributed by atoms with Crippen molar-refractivity contribution in [3.63, 3.8) is 0 Å². The second-order valence-corrected chi connectivity index (χ2v) is 4.81. The van der Waals surface area contributed by atoms with Crippen LogP contribution in [0.5, 0.6) is 11.5 Å². The minimum absolute atomic E-state index is 0.173. The molecule has 1 aromatic rings. The van der Waals surface area contributed by atoms with Crippen molar-refractivity contribution in [2.24, 2.45) is 0 Å². The Kier molecular flexibility index (Phi) is 4.94. The Labute approximate surface area is 103 Å². The highest BCUT2D eigenvalue weighted by molar-refractivity contribution is 6.20. The van der Waals surface area contributed by atoms with Gasteiger partial charge in [-0.1, -0.05) is 6.92 Å². The van der Waals surface area contributed by atoms with Crippen molar-refractivity contribution in [3.05, 3.63) is 23.8 Å². The summed E-state index contributed by atoms with van der Waals surface area (Å²) in [5.74, 6) is 2.04. The lowest BCUT2D eigenvalue weighted by Crippen LogP contribution is -2.01. The summed E-state index contributed by atoms with van der Waals surface area (Å²) in [5.41, 5.74) is 1.20. The minimum atomic E-state index is 0.173. The van der Waals surface area contributed by atoms with E-state index in [1.54, 1.807) is 14.2 Å². The second-order valence-electron chi connectivity index (χ2n) is 4.06. The fraction of sp³-hybridized carbons (Fsp3) is 0.538. The molecule has 3 heteroatoms. The lowest BCUT2D eigenvalue weighted by molar-refractivity contribution is 0.392. The first-order chi connectivity index (χ1) is 7.56. The van der Waals surface area contributed by atoms with Crippen LogP contribution >= 0.6 is 11.6 Å². The lowest BCUT2D eigenvalue weighted by Gasteiger charge is -2.15. The molecule has 0 aliphatic rings. The number of hydrogen-bond donors (Lipinski definition) is 0. The normalized spacial score (nSPS) is 14.3. The van der Waals surface area contributed by atoms with Gasteiger partial charge in [0.05, 0.1) is 14.2 Å². The average Bonchev–Trinajstić information content (AvgIpc) is 2.27. The summed E-state index contributed by atoms with van der Waals surface area (Å²) in [5, 5.41) is 0.173. The predicted octanol–water partition coefficient (Wildman–Crippen LogP) is 3.82. The molecule has 0 aromatic heterocycles. The van der Waals surface area contributed by atoms with Crippen LogP contribution in [0.2, 0.25) is 0 Å². The van der Waals surface area contributed by atoms with Crippen LogP contribution in [0.25, 0.3) is 0 Å². The zero-order valence-corrected chi connectivity index (χ0v) is 11.0. The topological polar surface area (TPSA) is 18.5 Å². The third kappa shape index (κ3) is 3.60. The van der Waals surface area contributed by atoms with Gasteiger partial charge in [-0.15, -0.1) is 11.6 Å². The zero-order chi connectivity index (χ0) is 12.1. The van der Waals surface area contributed by atoms with Gasteiger partial charge in [0, 0.05) is 11.4 Å². The van der Waals surface area contributed by atoms with Gasteiger partial charge in [0.1, 0.15) is 11.5 Å². The summed E-state index contributed by atoms with van der Waals surface area (Å²) in [6.45, 7) is 4.17. The van der Waals surface area contributed by atoms with Crippen molar-refractivity contribution in [3.8, 4) is 11.5 Å². The molecule has 0 saturated carbocycles. The van der Waals surface area contributed by atoms with Gasteiger partial charge in [-0.2, -0.15) is 0 Å². The first-order valence-electron chi connectivity index (χ1n) is 5.43. The Bertz CT molecular complexity index is 314. The number of ether oxygens (including phenoxy) is 2. The van der Waals surface area contributed by atoms with Gasteiger partial charge in [-0.3, -0.25) is 0 Å². The third-order valence-corrected chi connectivity index (χ3v) is 2.80. The van der Waals surface area contributed by atoms with Crippen molar-refractivity contribution >= 4 is 11.6 Å². The summed E-state index contributed by atoms with van der Waals surface area (Å²) in [7, 11) is 3.32. The van der Waals surface area contributed by atoms with E-state index in [-0.39, 0.29) is 5.38 Å². The molecule has 0 N–H and O–H groups in total. The zero-order valence-electron chi connectivity index (χ0n) is 10.3. The van der Waals surface area contributed by atoms with Crippen molar-refractivity contribution in [2.75, 3.05) is 14.2 Å². The molecular formula is C13H19ClO2. The molecule has 2 nitrogen and oxygen atoms in total. The molecular weight excluding hydrogens is 224 g/mol. The van der Waals surface area contributed by atoms with Crippen LogP contribution < -0.4 is 9.47 Å². The van der Waals surface area contributed by atoms with Gasteiger partial charge in [-0.25, -0.2) is 0 Å². The van der Waals surface area contributed by atoms with E-state index in [2.05, 4.69) is 6.92 Å². The number of halogens is 1. The van der Waals surface area contributed by atoms with E-state index >= 15 is 0 Å². The lowest BCUT2D eigenvalue weighted by atomic mass is 9.96. The van der Waals surface area contributed by atoms with Crippen LogP contribution in [0.15, 0.2) is 18.2 Å². The molecule has 0 heterocycles. The summed E-state index contributed by atoms with van der Waals surface area (Å²) in [4.78, 5) is 0. The third-order valence-electron chi connectivity index (χ3n) is 2.62. The number of rotatable bonds is 5. The summed E-state index contributed by atoms with van der Waals surface area (Å²) in [6.07, 6.45) is 0.942. The van der Waals surface area contributed by atoms with Crippen LogP contribution in [0.4, 0.5) is 0 Å². The number of hydrogen-bond acceptors (Lipinski definition) is 2. The molecule has 90 valence electrons. The van der Waals surface area contributed by atoms with Gasteiger partial charge in [0.15, 0.2) is 0 Å². The molecule has 0 spiro atoms. The van der Waals surface area contributed by atoms with Crippen molar-refractivity contribution in [2.45, 2.75) is 31.6 Å². The van der Waals surface area contributed by atoms with Gasteiger partial charge < -0.3 is 9.47 Å².